The fourth-order valence-corrected chi connectivity index (χ4v) is 2.74. The predicted molar refractivity (Wildman–Crippen MR) is 109 cm³/mol. The fourth-order valence-electron chi connectivity index (χ4n) is 2.74. The van der Waals surface area contributed by atoms with Gasteiger partial charge in [0.25, 0.3) is 5.91 Å². The molecule has 0 unspecified atom stereocenters. The maximum absolute atomic E-state index is 12.6. The Balaban J connectivity index is 1.72. The maximum Gasteiger partial charge on any atom is 0.337 e. The van der Waals surface area contributed by atoms with Crippen LogP contribution in [-0.2, 0) is 11.2 Å². The number of benzene rings is 2. The van der Waals surface area contributed by atoms with E-state index in [0.717, 1.165) is 12.1 Å². The quantitative estimate of drug-likeness (QED) is 0.623. The third kappa shape index (κ3) is 4.54. The van der Waals surface area contributed by atoms with Gasteiger partial charge in [-0.2, -0.15) is 0 Å². The molecule has 6 nitrogen and oxygen atoms in total. The Hall–Kier alpha value is -3.67. The number of hydrogen-bond donors (Lipinski definition) is 2. The van der Waals surface area contributed by atoms with Crippen LogP contribution in [0.1, 0.15) is 33.2 Å². The predicted octanol–water partition coefficient (Wildman–Crippen LogP) is 4.43. The second-order valence-electron chi connectivity index (χ2n) is 6.09. The van der Waals surface area contributed by atoms with Crippen LogP contribution in [0.2, 0.25) is 0 Å². The highest BCUT2D eigenvalue weighted by molar-refractivity contribution is 6.05. The number of aromatic nitrogens is 1. The largest absolute Gasteiger partial charge is 0.465 e. The van der Waals surface area contributed by atoms with E-state index >= 15 is 0 Å². The van der Waals surface area contributed by atoms with E-state index in [9.17, 15) is 9.59 Å². The number of nitrogens with one attached hydrogen (secondary N) is 2. The number of ether oxygens (including phenoxy) is 1. The molecule has 3 rings (SSSR count). The summed E-state index contributed by atoms with van der Waals surface area (Å²) in [7, 11) is 1.33. The molecule has 28 heavy (non-hydrogen) atoms. The van der Waals surface area contributed by atoms with Crippen molar-refractivity contribution in [3.05, 3.63) is 83.6 Å². The topological polar surface area (TPSA) is 80.3 Å². The Kier molecular flexibility index (Phi) is 6.01. The molecule has 0 fully saturated rings. The van der Waals surface area contributed by atoms with Crippen molar-refractivity contribution in [2.45, 2.75) is 13.3 Å². The number of amides is 1. The van der Waals surface area contributed by atoms with Crippen molar-refractivity contribution < 1.29 is 14.3 Å². The van der Waals surface area contributed by atoms with Crippen LogP contribution >= 0.6 is 0 Å². The summed E-state index contributed by atoms with van der Waals surface area (Å²) in [4.78, 5) is 28.3. The molecule has 3 aromatic rings. The summed E-state index contributed by atoms with van der Waals surface area (Å²) in [6.07, 6.45) is 2.48. The maximum atomic E-state index is 12.6. The second-order valence-corrected chi connectivity index (χ2v) is 6.09. The first-order valence-corrected chi connectivity index (χ1v) is 8.91. The molecular formula is C22H21N3O3. The minimum absolute atomic E-state index is 0.264. The molecule has 1 heterocycles. The number of hydrogen-bond acceptors (Lipinski definition) is 5. The Labute approximate surface area is 163 Å². The van der Waals surface area contributed by atoms with E-state index in [1.54, 1.807) is 42.6 Å². The summed E-state index contributed by atoms with van der Waals surface area (Å²) >= 11 is 0. The summed E-state index contributed by atoms with van der Waals surface area (Å²) in [5, 5.41) is 6.08. The van der Waals surface area contributed by atoms with Gasteiger partial charge in [0.15, 0.2) is 0 Å². The second kappa shape index (κ2) is 8.81. The Morgan fingerprint density at radius 1 is 1.00 bits per heavy atom. The van der Waals surface area contributed by atoms with Crippen molar-refractivity contribution in [2.24, 2.45) is 0 Å². The van der Waals surface area contributed by atoms with Crippen LogP contribution < -0.4 is 10.6 Å². The Bertz CT molecular complexity index is 984. The number of aryl methyl sites for hydroxylation is 1. The van der Waals surface area contributed by atoms with Gasteiger partial charge in [-0.05, 0) is 54.4 Å². The molecule has 0 aliphatic heterocycles. The van der Waals surface area contributed by atoms with Crippen molar-refractivity contribution in [3.63, 3.8) is 0 Å². The molecule has 142 valence electrons. The third-order valence-electron chi connectivity index (χ3n) is 4.25. The van der Waals surface area contributed by atoms with Crippen molar-refractivity contribution >= 4 is 29.1 Å². The molecule has 0 atom stereocenters. The first kappa shape index (κ1) is 19.1. The number of pyridine rings is 1. The lowest BCUT2D eigenvalue weighted by Gasteiger charge is -2.11. The molecule has 2 N–H and O–H groups in total. The van der Waals surface area contributed by atoms with Crippen LogP contribution in [0.15, 0.2) is 66.9 Å². The SMILES string of the molecule is CCc1ccccc1Nc1cc(C(=O)Nc2ccc(C(=O)OC)cc2)ccn1. The molecule has 6 heteroatoms. The van der Waals surface area contributed by atoms with Gasteiger partial charge in [0.1, 0.15) is 5.82 Å². The first-order valence-electron chi connectivity index (χ1n) is 8.91. The van der Waals surface area contributed by atoms with Crippen molar-refractivity contribution in [2.75, 3.05) is 17.7 Å². The summed E-state index contributed by atoms with van der Waals surface area (Å²) in [5.41, 5.74) is 3.62. The molecule has 0 bridgehead atoms. The zero-order valence-electron chi connectivity index (χ0n) is 15.7. The van der Waals surface area contributed by atoms with Gasteiger partial charge in [-0.25, -0.2) is 9.78 Å². The van der Waals surface area contributed by atoms with Crippen LogP contribution in [0.4, 0.5) is 17.2 Å². The summed E-state index contributed by atoms with van der Waals surface area (Å²) in [5.74, 6) is -0.0929. The van der Waals surface area contributed by atoms with Crippen LogP contribution in [0.5, 0.6) is 0 Å². The van der Waals surface area contributed by atoms with Crippen molar-refractivity contribution in [1.82, 2.24) is 4.98 Å². The zero-order chi connectivity index (χ0) is 19.9. The normalized spacial score (nSPS) is 10.2. The number of nitrogens with zero attached hydrogens (tertiary/aromatic N) is 1. The monoisotopic (exact) mass is 375 g/mol. The molecule has 0 radical (unpaired) electrons. The lowest BCUT2D eigenvalue weighted by molar-refractivity contribution is 0.0600. The number of methoxy groups -OCH3 is 1. The number of carbonyl (C=O) groups excluding carboxylic acids is 2. The van der Waals surface area contributed by atoms with Gasteiger partial charge in [-0.1, -0.05) is 25.1 Å². The molecule has 0 spiro atoms. The van der Waals surface area contributed by atoms with E-state index in [-0.39, 0.29) is 5.91 Å². The lowest BCUT2D eigenvalue weighted by atomic mass is 10.1. The van der Waals surface area contributed by atoms with E-state index in [1.807, 2.05) is 18.2 Å². The molecule has 0 aliphatic rings. The van der Waals surface area contributed by atoms with Crippen LogP contribution in [0.25, 0.3) is 0 Å². The molecule has 2 aromatic carbocycles. The summed E-state index contributed by atoms with van der Waals surface area (Å²) < 4.78 is 4.66. The number of esters is 1. The molecular weight excluding hydrogens is 354 g/mol. The standard InChI is InChI=1S/C22H21N3O3/c1-3-15-6-4-5-7-19(15)25-20-14-17(12-13-23-20)21(26)24-18-10-8-16(9-11-18)22(27)28-2/h4-14H,3H2,1-2H3,(H,23,25)(H,24,26). The van der Waals surface area contributed by atoms with Crippen molar-refractivity contribution in [3.8, 4) is 0 Å². The summed E-state index contributed by atoms with van der Waals surface area (Å²) in [6.45, 7) is 2.09. The first-order chi connectivity index (χ1) is 13.6. The molecule has 0 aliphatic carbocycles. The third-order valence-corrected chi connectivity index (χ3v) is 4.25. The van der Waals surface area contributed by atoms with Crippen LogP contribution in [-0.4, -0.2) is 24.0 Å². The van der Waals surface area contributed by atoms with Gasteiger partial charge in [0, 0.05) is 23.1 Å². The minimum Gasteiger partial charge on any atom is -0.465 e. The number of para-hydroxylation sites is 1. The smallest absolute Gasteiger partial charge is 0.337 e. The fraction of sp³-hybridized carbons (Fsp3) is 0.136. The molecule has 0 saturated carbocycles. The lowest BCUT2D eigenvalue weighted by Crippen LogP contribution is -2.12. The number of anilines is 3. The highest BCUT2D eigenvalue weighted by Crippen LogP contribution is 2.21. The highest BCUT2D eigenvalue weighted by atomic mass is 16.5. The Morgan fingerprint density at radius 2 is 1.75 bits per heavy atom. The molecule has 1 amide bonds. The van der Waals surface area contributed by atoms with Gasteiger partial charge < -0.3 is 15.4 Å². The highest BCUT2D eigenvalue weighted by Gasteiger charge is 2.10. The van der Waals surface area contributed by atoms with E-state index in [1.165, 1.54) is 12.7 Å². The zero-order valence-corrected chi connectivity index (χ0v) is 15.7. The van der Waals surface area contributed by atoms with Gasteiger partial charge in [-0.3, -0.25) is 4.79 Å². The van der Waals surface area contributed by atoms with Gasteiger partial charge in [0.05, 0.1) is 12.7 Å². The molecule has 0 saturated heterocycles. The number of carbonyl (C=O) groups is 2. The molecule has 1 aromatic heterocycles. The average molecular weight is 375 g/mol. The van der Waals surface area contributed by atoms with E-state index in [0.29, 0.717) is 22.6 Å². The van der Waals surface area contributed by atoms with E-state index in [2.05, 4.69) is 33.3 Å². The average Bonchev–Trinajstić information content (AvgIpc) is 2.74. The van der Waals surface area contributed by atoms with Gasteiger partial charge in [-0.15, -0.1) is 0 Å². The number of rotatable bonds is 6. The van der Waals surface area contributed by atoms with Crippen LogP contribution in [0.3, 0.4) is 0 Å². The minimum atomic E-state index is -0.421. The van der Waals surface area contributed by atoms with E-state index in [4.69, 9.17) is 0 Å². The van der Waals surface area contributed by atoms with Crippen molar-refractivity contribution in [1.29, 1.82) is 0 Å². The van der Waals surface area contributed by atoms with Gasteiger partial charge in [0.2, 0.25) is 0 Å². The van der Waals surface area contributed by atoms with Gasteiger partial charge >= 0.3 is 5.97 Å². The Morgan fingerprint density at radius 3 is 2.46 bits per heavy atom. The van der Waals surface area contributed by atoms with E-state index < -0.39 is 5.97 Å². The van der Waals surface area contributed by atoms with Crippen LogP contribution in [0, 0.1) is 0 Å². The summed E-state index contributed by atoms with van der Waals surface area (Å²) in [6, 6.07) is 17.8.